The molecule has 62 heavy (non-hydrogen) atoms. The average molecular weight is 905 g/mol. The maximum Gasteiger partial charge on any atom is 0.246 e. The smallest absolute Gasteiger partial charge is 0.246 e. The van der Waals surface area contributed by atoms with Crippen molar-refractivity contribution in [2.24, 2.45) is 16.7 Å². The zero-order valence-electron chi connectivity index (χ0n) is 38.3. The number of carbonyl (C=O) groups excluding carboxylic acids is 6. The number of carbonyl (C=O) groups is 6. The molecule has 5 rings (SSSR count). The van der Waals surface area contributed by atoms with Crippen molar-refractivity contribution in [2.45, 2.75) is 155 Å². The number of hydrogen-bond acceptors (Lipinski definition) is 10. The molecular formula is C45H71Cl2N9O6. The van der Waals surface area contributed by atoms with Crippen molar-refractivity contribution >= 4 is 60.0 Å². The first kappa shape index (κ1) is 52.4. The fraction of sp³-hybridized carbons (Fsp3) is 0.689. The van der Waals surface area contributed by atoms with Crippen LogP contribution in [0, 0.1) is 16.7 Å². The molecule has 0 spiro atoms. The summed E-state index contributed by atoms with van der Waals surface area (Å²) in [5.41, 5.74) is 1.82. The molecule has 2 fully saturated rings. The maximum absolute atomic E-state index is 14.6. The van der Waals surface area contributed by atoms with E-state index in [1.165, 1.54) is 11.1 Å². The Labute approximate surface area is 380 Å². The van der Waals surface area contributed by atoms with E-state index >= 15 is 0 Å². The highest BCUT2D eigenvalue weighted by Crippen LogP contribution is 2.38. The van der Waals surface area contributed by atoms with Gasteiger partial charge in [-0.25, -0.2) is 4.68 Å². The fourth-order valence-corrected chi connectivity index (χ4v) is 8.89. The van der Waals surface area contributed by atoms with Gasteiger partial charge in [0.15, 0.2) is 5.78 Å². The highest BCUT2D eigenvalue weighted by molar-refractivity contribution is 5.95. The lowest BCUT2D eigenvalue weighted by Gasteiger charge is -2.36. The van der Waals surface area contributed by atoms with Gasteiger partial charge in [-0.3, -0.25) is 28.8 Å². The van der Waals surface area contributed by atoms with Gasteiger partial charge in [0.05, 0.1) is 36.9 Å². The van der Waals surface area contributed by atoms with E-state index in [0.717, 1.165) is 19.3 Å². The van der Waals surface area contributed by atoms with Gasteiger partial charge in [0.2, 0.25) is 23.6 Å². The Balaban J connectivity index is 0.00000512. The van der Waals surface area contributed by atoms with Crippen LogP contribution in [0.2, 0.25) is 0 Å². The Morgan fingerprint density at radius 1 is 0.839 bits per heavy atom. The molecule has 17 heteroatoms. The van der Waals surface area contributed by atoms with E-state index in [1.807, 2.05) is 53.7 Å². The Bertz CT molecular complexity index is 1890. The van der Waals surface area contributed by atoms with E-state index in [1.54, 1.807) is 48.6 Å². The van der Waals surface area contributed by atoms with Crippen LogP contribution in [0.5, 0.6) is 0 Å². The highest BCUT2D eigenvalue weighted by Gasteiger charge is 2.47. The zero-order valence-corrected chi connectivity index (χ0v) is 39.9. The first-order valence-electron chi connectivity index (χ1n) is 21.8. The van der Waals surface area contributed by atoms with Crippen molar-refractivity contribution in [2.75, 3.05) is 27.2 Å². The lowest BCUT2D eigenvalue weighted by molar-refractivity contribution is -0.146. The molecule has 0 saturated carbocycles. The summed E-state index contributed by atoms with van der Waals surface area (Å²) in [6.07, 6.45) is 6.52. The zero-order chi connectivity index (χ0) is 44.1. The minimum absolute atomic E-state index is 0. The molecular weight excluding hydrogens is 833 g/mol. The number of likely N-dealkylation sites (N-methyl/N-ethyl adjacent to an activating group) is 2. The van der Waals surface area contributed by atoms with Crippen LogP contribution in [-0.2, 0) is 41.7 Å². The van der Waals surface area contributed by atoms with Crippen LogP contribution >= 0.6 is 24.8 Å². The van der Waals surface area contributed by atoms with Crippen molar-refractivity contribution in [3.63, 3.8) is 0 Å². The minimum atomic E-state index is -0.884. The maximum atomic E-state index is 14.6. The van der Waals surface area contributed by atoms with E-state index in [-0.39, 0.29) is 97.5 Å². The van der Waals surface area contributed by atoms with Crippen molar-refractivity contribution < 1.29 is 28.8 Å². The van der Waals surface area contributed by atoms with E-state index in [9.17, 15) is 28.8 Å². The number of aromatic nitrogens is 3. The van der Waals surface area contributed by atoms with Gasteiger partial charge in [-0.15, -0.1) is 29.9 Å². The molecule has 0 unspecified atom stereocenters. The number of rotatable bonds is 16. The van der Waals surface area contributed by atoms with Gasteiger partial charge in [0.1, 0.15) is 23.6 Å². The van der Waals surface area contributed by atoms with Crippen LogP contribution in [0.25, 0.3) is 0 Å². The number of Topliss-reactive ketones (excluding diaryl/α,β-unsaturated/α-hetero) is 2. The minimum Gasteiger partial charge on any atom is -0.349 e. The molecule has 2 saturated heterocycles. The summed E-state index contributed by atoms with van der Waals surface area (Å²) in [7, 11) is 3.40. The number of hydrogen-bond donors (Lipinski definition) is 4. The Kier molecular flexibility index (Phi) is 18.7. The van der Waals surface area contributed by atoms with Crippen molar-refractivity contribution in [3.8, 4) is 0 Å². The number of halogens is 2. The third kappa shape index (κ3) is 12.4. The van der Waals surface area contributed by atoms with Gasteiger partial charge in [-0.05, 0) is 94.3 Å². The fourth-order valence-electron chi connectivity index (χ4n) is 8.89. The molecule has 4 N–H and O–H groups in total. The van der Waals surface area contributed by atoms with E-state index in [4.69, 9.17) is 0 Å². The first-order chi connectivity index (χ1) is 28.2. The number of fused-ring (bicyclic) bond motifs is 1. The van der Waals surface area contributed by atoms with Crippen molar-refractivity contribution in [1.29, 1.82) is 0 Å². The quantitative estimate of drug-likeness (QED) is 0.189. The molecule has 3 heterocycles. The number of aryl methyl sites for hydroxylation is 1. The molecule has 2 aromatic rings. The second-order valence-electron chi connectivity index (χ2n) is 19.4. The van der Waals surface area contributed by atoms with Gasteiger partial charge < -0.3 is 31.1 Å². The first-order valence-corrected chi connectivity index (χ1v) is 21.8. The molecule has 1 aromatic heterocycles. The predicted octanol–water partition coefficient (Wildman–Crippen LogP) is 4.32. The van der Waals surface area contributed by atoms with Crippen LogP contribution < -0.4 is 21.3 Å². The van der Waals surface area contributed by atoms with Gasteiger partial charge in [0, 0.05) is 31.8 Å². The Morgan fingerprint density at radius 3 is 2.16 bits per heavy atom. The molecule has 0 bridgehead atoms. The lowest BCUT2D eigenvalue weighted by atomic mass is 9.76. The molecule has 8 atom stereocenters. The Hall–Kier alpha value is -3.92. The third-order valence-corrected chi connectivity index (χ3v) is 13.0. The number of amides is 4. The van der Waals surface area contributed by atoms with Crippen molar-refractivity contribution in [3.05, 3.63) is 47.3 Å². The van der Waals surface area contributed by atoms with Gasteiger partial charge in [-0.2, -0.15) is 0 Å². The SMILES string of the molecule is CN[C@@H](C)C(=O)C[C@H](C(=O)N1CCC[C@H]1C(=O)NCc1cn([C@H]2C[C@@H](C(=O)C[C@@H]3CCCc4ccccc43)N(C(=O)[C@@H](NC(=O)[C@H](C)NC)C(C)(C)C)C2)nn1)C(C)(C)C.Cl.Cl. The second-order valence-corrected chi connectivity index (χ2v) is 19.4. The summed E-state index contributed by atoms with van der Waals surface area (Å²) in [6.45, 7) is 15.7. The normalized spacial score (nSPS) is 22.0. The van der Waals surface area contributed by atoms with E-state index in [2.05, 4.69) is 43.7 Å². The third-order valence-electron chi connectivity index (χ3n) is 13.0. The number of nitrogens with one attached hydrogen (secondary N) is 4. The standard InChI is InChI=1S/C45H69N9O6.2ClH/c1-27(46-9)37(55)23-34(44(3,4)5)42(59)52-20-14-19-35(52)41(58)48-24-31-25-54(51-50-31)32-22-36(38(56)21-30-17-13-16-29-15-11-12-18-33(29)30)53(26-32)43(60)39(45(6,7)8)49-40(57)28(2)47-10;;/h11-12,15,18,25,27-28,30,32,34-36,39,46-47H,13-14,16-17,19-24,26H2,1-10H3,(H,48,58)(H,49,57);2*1H/t27-,28-,30-,32-,34+,35-,36-,39+;;/m0../s1. The number of benzene rings is 1. The highest BCUT2D eigenvalue weighted by atomic mass is 35.5. The van der Waals surface area contributed by atoms with Gasteiger partial charge in [-0.1, -0.05) is 71.0 Å². The molecule has 2 aliphatic heterocycles. The summed E-state index contributed by atoms with van der Waals surface area (Å²) < 4.78 is 1.67. The van der Waals surface area contributed by atoms with Crippen LogP contribution in [-0.4, -0.2) is 117 Å². The molecule has 15 nitrogen and oxygen atoms in total. The Morgan fingerprint density at radius 2 is 1.52 bits per heavy atom. The lowest BCUT2D eigenvalue weighted by Crippen LogP contribution is -2.59. The predicted molar refractivity (Wildman–Crippen MR) is 243 cm³/mol. The van der Waals surface area contributed by atoms with Crippen LogP contribution in [0.1, 0.15) is 129 Å². The molecule has 4 amide bonds. The van der Waals surface area contributed by atoms with Crippen LogP contribution in [0.4, 0.5) is 0 Å². The summed E-state index contributed by atoms with van der Waals surface area (Å²) in [5.74, 6) is -1.69. The molecule has 346 valence electrons. The molecule has 3 aliphatic rings. The monoisotopic (exact) mass is 903 g/mol. The number of ketones is 2. The van der Waals surface area contributed by atoms with Crippen LogP contribution in [0.15, 0.2) is 30.5 Å². The van der Waals surface area contributed by atoms with E-state index in [0.29, 0.717) is 37.9 Å². The second kappa shape index (κ2) is 22.1. The van der Waals surface area contributed by atoms with Crippen LogP contribution in [0.3, 0.4) is 0 Å². The van der Waals surface area contributed by atoms with Gasteiger partial charge in [0.25, 0.3) is 0 Å². The summed E-state index contributed by atoms with van der Waals surface area (Å²) in [4.78, 5) is 85.9. The summed E-state index contributed by atoms with van der Waals surface area (Å²) in [5, 5.41) is 20.6. The van der Waals surface area contributed by atoms with Gasteiger partial charge >= 0.3 is 0 Å². The van der Waals surface area contributed by atoms with Crippen molar-refractivity contribution in [1.82, 2.24) is 46.1 Å². The van der Waals surface area contributed by atoms with E-state index < -0.39 is 40.9 Å². The number of likely N-dealkylation sites (tertiary alicyclic amines) is 2. The molecule has 1 aliphatic carbocycles. The average Bonchev–Trinajstić information content (AvgIpc) is 4.00. The molecule has 1 aromatic carbocycles. The molecule has 0 radical (unpaired) electrons. The number of nitrogens with zero attached hydrogens (tertiary/aromatic N) is 5. The summed E-state index contributed by atoms with van der Waals surface area (Å²) >= 11 is 0. The topological polar surface area (TPSA) is 188 Å². The largest absolute Gasteiger partial charge is 0.349 e. The summed E-state index contributed by atoms with van der Waals surface area (Å²) in [6, 6.07) is 4.72.